The molecule has 0 radical (unpaired) electrons. The van der Waals surface area contributed by atoms with Gasteiger partial charge in [0.2, 0.25) is 0 Å². The second-order valence-corrected chi connectivity index (χ2v) is 5.96. The Bertz CT molecular complexity index is 880. The number of aromatic amines is 1. The average molecular weight is 375 g/mol. The third-order valence-electron chi connectivity index (χ3n) is 3.65. The number of carboxylic acid groups (broad SMARTS) is 2. The smallest absolute Gasteiger partial charge is 0.414 e. The molecule has 2 aromatic carbocycles. The van der Waals surface area contributed by atoms with Crippen LogP contribution in [0.2, 0.25) is 5.02 Å². The predicted molar refractivity (Wildman–Crippen MR) is 100 cm³/mol. The van der Waals surface area contributed by atoms with Crippen LogP contribution in [0.4, 0.5) is 0 Å². The van der Waals surface area contributed by atoms with Crippen molar-refractivity contribution < 1.29 is 19.8 Å². The van der Waals surface area contributed by atoms with Crippen molar-refractivity contribution in [3.63, 3.8) is 0 Å². The largest absolute Gasteiger partial charge is 0.473 e. The summed E-state index contributed by atoms with van der Waals surface area (Å²) in [6.07, 6.45) is 3.12. The Morgan fingerprint density at radius 3 is 2.46 bits per heavy atom. The van der Waals surface area contributed by atoms with Gasteiger partial charge in [0.05, 0.1) is 0 Å². The van der Waals surface area contributed by atoms with Crippen molar-refractivity contribution >= 4 is 34.4 Å². The van der Waals surface area contributed by atoms with E-state index < -0.39 is 11.9 Å². The molecule has 136 valence electrons. The number of rotatable bonds is 5. The zero-order chi connectivity index (χ0) is 18.9. The van der Waals surface area contributed by atoms with Gasteiger partial charge < -0.3 is 20.5 Å². The number of benzene rings is 2. The van der Waals surface area contributed by atoms with E-state index in [9.17, 15) is 0 Å². The van der Waals surface area contributed by atoms with Gasteiger partial charge in [0.25, 0.3) is 0 Å². The third kappa shape index (κ3) is 5.91. The Balaban J connectivity index is 0.000000352. The highest BCUT2D eigenvalue weighted by Crippen LogP contribution is 2.17. The fourth-order valence-corrected chi connectivity index (χ4v) is 2.65. The maximum Gasteiger partial charge on any atom is 0.414 e. The maximum absolute atomic E-state index is 9.10. The summed E-state index contributed by atoms with van der Waals surface area (Å²) in [5.41, 5.74) is 3.79. The fraction of sp³-hybridized carbons (Fsp3) is 0.158. The molecule has 0 fully saturated rings. The Kier molecular flexibility index (Phi) is 7.20. The number of hydrogen-bond donors (Lipinski definition) is 4. The summed E-state index contributed by atoms with van der Waals surface area (Å²) in [7, 11) is 0. The van der Waals surface area contributed by atoms with E-state index >= 15 is 0 Å². The molecular formula is C19H19ClN2O4. The number of nitrogens with one attached hydrogen (secondary N) is 2. The summed E-state index contributed by atoms with van der Waals surface area (Å²) in [6.45, 7) is 1.80. The minimum absolute atomic E-state index is 0.793. The maximum atomic E-state index is 9.10. The van der Waals surface area contributed by atoms with Crippen LogP contribution in [0.5, 0.6) is 0 Å². The first-order valence-corrected chi connectivity index (χ1v) is 8.31. The van der Waals surface area contributed by atoms with Crippen LogP contribution in [0, 0.1) is 0 Å². The molecule has 0 aliphatic heterocycles. The molecule has 6 nitrogen and oxygen atoms in total. The first-order valence-electron chi connectivity index (χ1n) is 7.93. The highest BCUT2D eigenvalue weighted by atomic mass is 35.5. The van der Waals surface area contributed by atoms with E-state index in [0.717, 1.165) is 24.5 Å². The monoisotopic (exact) mass is 374 g/mol. The molecular weight excluding hydrogens is 356 g/mol. The van der Waals surface area contributed by atoms with Crippen LogP contribution in [0.1, 0.15) is 11.1 Å². The third-order valence-corrected chi connectivity index (χ3v) is 3.88. The second-order valence-electron chi connectivity index (χ2n) is 5.53. The van der Waals surface area contributed by atoms with Crippen molar-refractivity contribution in [3.05, 3.63) is 70.9 Å². The van der Waals surface area contributed by atoms with E-state index in [4.69, 9.17) is 31.4 Å². The molecule has 0 unspecified atom stereocenters. The van der Waals surface area contributed by atoms with Crippen LogP contribution in [0.15, 0.2) is 54.7 Å². The number of aliphatic carboxylic acids is 2. The van der Waals surface area contributed by atoms with Gasteiger partial charge in [-0.25, -0.2) is 9.59 Å². The number of hydrogen-bond acceptors (Lipinski definition) is 3. The Labute approximate surface area is 155 Å². The predicted octanol–water partition coefficient (Wildman–Crippen LogP) is 3.31. The molecule has 0 saturated heterocycles. The van der Waals surface area contributed by atoms with Crippen molar-refractivity contribution in [3.8, 4) is 0 Å². The SMILES string of the molecule is Clc1cccc(CNCCc2c[nH]c3ccccc23)c1.O=C(O)C(=O)O. The number of para-hydroxylation sites is 1. The Hall–Kier alpha value is -2.83. The molecule has 4 N–H and O–H groups in total. The van der Waals surface area contributed by atoms with E-state index in [1.807, 2.05) is 18.2 Å². The molecule has 0 spiro atoms. The summed E-state index contributed by atoms with van der Waals surface area (Å²) >= 11 is 5.97. The first kappa shape index (κ1) is 19.5. The summed E-state index contributed by atoms with van der Waals surface area (Å²) in [5, 5.41) is 20.4. The van der Waals surface area contributed by atoms with Gasteiger partial charge in [0, 0.05) is 28.7 Å². The van der Waals surface area contributed by atoms with Gasteiger partial charge in [-0.05, 0) is 42.3 Å². The molecule has 0 bridgehead atoms. The molecule has 7 heteroatoms. The lowest BCUT2D eigenvalue weighted by atomic mass is 10.1. The van der Waals surface area contributed by atoms with Crippen LogP contribution in [0.3, 0.4) is 0 Å². The van der Waals surface area contributed by atoms with Gasteiger partial charge in [-0.15, -0.1) is 0 Å². The van der Waals surface area contributed by atoms with Gasteiger partial charge in [-0.3, -0.25) is 0 Å². The zero-order valence-corrected chi connectivity index (χ0v) is 14.7. The van der Waals surface area contributed by atoms with Crippen LogP contribution < -0.4 is 5.32 Å². The second kappa shape index (κ2) is 9.60. The number of aromatic nitrogens is 1. The van der Waals surface area contributed by atoms with Gasteiger partial charge in [0.15, 0.2) is 0 Å². The average Bonchev–Trinajstić information content (AvgIpc) is 3.02. The summed E-state index contributed by atoms with van der Waals surface area (Å²) in [6, 6.07) is 16.4. The van der Waals surface area contributed by atoms with Crippen LogP contribution >= 0.6 is 11.6 Å². The molecule has 1 heterocycles. The minimum atomic E-state index is -1.82. The Morgan fingerprint density at radius 2 is 1.77 bits per heavy atom. The van der Waals surface area contributed by atoms with Gasteiger partial charge in [-0.2, -0.15) is 0 Å². The highest BCUT2D eigenvalue weighted by Gasteiger charge is 2.04. The lowest BCUT2D eigenvalue weighted by molar-refractivity contribution is -0.159. The lowest BCUT2D eigenvalue weighted by Gasteiger charge is -2.05. The van der Waals surface area contributed by atoms with Crippen molar-refractivity contribution in [2.24, 2.45) is 0 Å². The summed E-state index contributed by atoms with van der Waals surface area (Å²) in [4.78, 5) is 21.5. The number of fused-ring (bicyclic) bond motifs is 1. The molecule has 3 rings (SSSR count). The molecule has 1 aromatic heterocycles. The number of halogens is 1. The lowest BCUT2D eigenvalue weighted by Crippen LogP contribution is -2.16. The fourth-order valence-electron chi connectivity index (χ4n) is 2.44. The molecule has 0 aliphatic rings. The van der Waals surface area contributed by atoms with E-state index in [-0.39, 0.29) is 0 Å². The van der Waals surface area contributed by atoms with Gasteiger partial charge >= 0.3 is 11.9 Å². The normalized spacial score (nSPS) is 10.2. The molecule has 0 aliphatic carbocycles. The Morgan fingerprint density at radius 1 is 1.04 bits per heavy atom. The number of carbonyl (C=O) groups is 2. The van der Waals surface area contributed by atoms with E-state index in [1.54, 1.807) is 0 Å². The topological polar surface area (TPSA) is 102 Å². The molecule has 0 atom stereocenters. The van der Waals surface area contributed by atoms with E-state index in [0.29, 0.717) is 0 Å². The van der Waals surface area contributed by atoms with Crippen molar-refractivity contribution in [1.82, 2.24) is 10.3 Å². The standard InChI is InChI=1S/C17H17ClN2.C2H2O4/c18-15-5-3-4-13(10-15)11-19-9-8-14-12-20-17-7-2-1-6-16(14)17;3-1(4)2(5)6/h1-7,10,12,19-20H,8-9,11H2;(H,3,4)(H,5,6). The zero-order valence-electron chi connectivity index (χ0n) is 13.9. The van der Waals surface area contributed by atoms with Crippen LogP contribution in [0.25, 0.3) is 10.9 Å². The molecule has 26 heavy (non-hydrogen) atoms. The number of carboxylic acids is 2. The molecule has 0 saturated carbocycles. The van der Waals surface area contributed by atoms with Crippen molar-refractivity contribution in [2.75, 3.05) is 6.54 Å². The molecule has 0 amide bonds. The van der Waals surface area contributed by atoms with Gasteiger partial charge in [0.1, 0.15) is 0 Å². The van der Waals surface area contributed by atoms with E-state index in [1.165, 1.54) is 22.0 Å². The van der Waals surface area contributed by atoms with Crippen molar-refractivity contribution in [2.45, 2.75) is 13.0 Å². The molecule has 3 aromatic rings. The number of H-pyrrole nitrogens is 1. The summed E-state index contributed by atoms with van der Waals surface area (Å²) in [5.74, 6) is -3.65. The van der Waals surface area contributed by atoms with E-state index in [2.05, 4.69) is 46.8 Å². The highest BCUT2D eigenvalue weighted by molar-refractivity contribution is 6.30. The minimum Gasteiger partial charge on any atom is -0.473 e. The van der Waals surface area contributed by atoms with Crippen molar-refractivity contribution in [1.29, 1.82) is 0 Å². The quantitative estimate of drug-likeness (QED) is 0.405. The first-order chi connectivity index (χ1) is 12.5. The van der Waals surface area contributed by atoms with Crippen LogP contribution in [-0.4, -0.2) is 33.7 Å². The van der Waals surface area contributed by atoms with Gasteiger partial charge in [-0.1, -0.05) is 41.9 Å². The summed E-state index contributed by atoms with van der Waals surface area (Å²) < 4.78 is 0. The van der Waals surface area contributed by atoms with Crippen LogP contribution in [-0.2, 0) is 22.6 Å².